The lowest BCUT2D eigenvalue weighted by Gasteiger charge is -2.11. The Kier molecular flexibility index (Phi) is 4.62. The monoisotopic (exact) mass is 350 g/mol. The van der Waals surface area contributed by atoms with E-state index >= 15 is 0 Å². The number of aromatic nitrogens is 1. The number of nitrogens with one attached hydrogen (secondary N) is 1. The average molecular weight is 350 g/mol. The highest BCUT2D eigenvalue weighted by Crippen LogP contribution is 2.26. The quantitative estimate of drug-likeness (QED) is 0.894. The molecule has 1 heterocycles. The highest BCUT2D eigenvalue weighted by Gasteiger charge is 2.30. The Hall–Kier alpha value is -1.89. The van der Waals surface area contributed by atoms with Gasteiger partial charge in [-0.25, -0.2) is 13.4 Å². The SMILES string of the molecule is CC(C)c1nc2cc(NC(=O)CS(=O)(=O)C3CCCC3)ccc2o1. The summed E-state index contributed by atoms with van der Waals surface area (Å²) in [6, 6.07) is 5.12. The van der Waals surface area contributed by atoms with E-state index in [1.165, 1.54) is 0 Å². The van der Waals surface area contributed by atoms with E-state index < -0.39 is 21.5 Å². The van der Waals surface area contributed by atoms with Crippen LogP contribution in [-0.4, -0.2) is 30.3 Å². The lowest BCUT2D eigenvalue weighted by atomic mass is 10.2. The highest BCUT2D eigenvalue weighted by atomic mass is 32.2. The minimum atomic E-state index is -3.38. The molecule has 24 heavy (non-hydrogen) atoms. The first kappa shape index (κ1) is 17.0. The van der Waals surface area contributed by atoms with Gasteiger partial charge in [0.25, 0.3) is 0 Å². The van der Waals surface area contributed by atoms with Crippen molar-refractivity contribution >= 4 is 32.5 Å². The number of nitrogens with zero attached hydrogens (tertiary/aromatic N) is 1. The largest absolute Gasteiger partial charge is 0.440 e. The minimum Gasteiger partial charge on any atom is -0.440 e. The summed E-state index contributed by atoms with van der Waals surface area (Å²) in [5.41, 5.74) is 1.82. The molecule has 1 amide bonds. The topological polar surface area (TPSA) is 89.3 Å². The molecule has 1 aliphatic carbocycles. The summed E-state index contributed by atoms with van der Waals surface area (Å²) >= 11 is 0. The molecule has 0 spiro atoms. The minimum absolute atomic E-state index is 0.173. The molecule has 6 nitrogen and oxygen atoms in total. The zero-order chi connectivity index (χ0) is 17.3. The normalized spacial score (nSPS) is 16.1. The number of carbonyl (C=O) groups is 1. The van der Waals surface area contributed by atoms with Crippen molar-refractivity contribution in [3.63, 3.8) is 0 Å². The predicted octanol–water partition coefficient (Wildman–Crippen LogP) is 3.25. The fourth-order valence-electron chi connectivity index (χ4n) is 3.02. The van der Waals surface area contributed by atoms with Crippen LogP contribution in [-0.2, 0) is 14.6 Å². The van der Waals surface area contributed by atoms with Gasteiger partial charge in [-0.2, -0.15) is 0 Å². The van der Waals surface area contributed by atoms with Crippen molar-refractivity contribution in [2.45, 2.75) is 50.7 Å². The van der Waals surface area contributed by atoms with Crippen molar-refractivity contribution in [2.75, 3.05) is 11.1 Å². The van der Waals surface area contributed by atoms with Gasteiger partial charge in [-0.1, -0.05) is 26.7 Å². The van der Waals surface area contributed by atoms with Gasteiger partial charge in [-0.15, -0.1) is 0 Å². The Morgan fingerprint density at radius 1 is 1.33 bits per heavy atom. The first-order valence-electron chi connectivity index (χ1n) is 8.27. The summed E-state index contributed by atoms with van der Waals surface area (Å²) in [4.78, 5) is 16.5. The number of fused-ring (bicyclic) bond motifs is 1. The van der Waals surface area contributed by atoms with Crippen LogP contribution < -0.4 is 5.32 Å². The molecule has 0 saturated heterocycles. The molecule has 0 bridgehead atoms. The lowest BCUT2D eigenvalue weighted by Crippen LogP contribution is -2.29. The number of amides is 1. The van der Waals surface area contributed by atoms with Crippen LogP contribution in [0, 0.1) is 0 Å². The smallest absolute Gasteiger partial charge is 0.239 e. The molecule has 1 aromatic heterocycles. The average Bonchev–Trinajstić information content (AvgIpc) is 3.16. The van der Waals surface area contributed by atoms with Gasteiger partial charge in [-0.3, -0.25) is 4.79 Å². The molecule has 0 radical (unpaired) electrons. The summed E-state index contributed by atoms with van der Waals surface area (Å²) in [6.45, 7) is 3.97. The van der Waals surface area contributed by atoms with E-state index in [0.717, 1.165) is 12.8 Å². The van der Waals surface area contributed by atoms with Crippen molar-refractivity contribution in [1.82, 2.24) is 4.98 Å². The first-order valence-corrected chi connectivity index (χ1v) is 9.98. The van der Waals surface area contributed by atoms with Gasteiger partial charge in [0.1, 0.15) is 11.3 Å². The summed E-state index contributed by atoms with van der Waals surface area (Å²) < 4.78 is 30.1. The van der Waals surface area contributed by atoms with E-state index in [0.29, 0.717) is 35.5 Å². The number of hydrogen-bond acceptors (Lipinski definition) is 5. The second-order valence-corrected chi connectivity index (χ2v) is 8.93. The molecule has 1 fully saturated rings. The maximum Gasteiger partial charge on any atom is 0.239 e. The molecule has 0 unspecified atom stereocenters. The predicted molar refractivity (Wildman–Crippen MR) is 92.8 cm³/mol. The highest BCUT2D eigenvalue weighted by molar-refractivity contribution is 7.92. The number of anilines is 1. The molecule has 3 rings (SSSR count). The van der Waals surface area contributed by atoms with Crippen molar-refractivity contribution in [3.05, 3.63) is 24.1 Å². The number of oxazole rings is 1. The van der Waals surface area contributed by atoms with Gasteiger partial charge >= 0.3 is 0 Å². The van der Waals surface area contributed by atoms with Crippen molar-refractivity contribution < 1.29 is 17.6 Å². The molecular weight excluding hydrogens is 328 g/mol. The summed E-state index contributed by atoms with van der Waals surface area (Å²) in [5, 5.41) is 2.29. The Balaban J connectivity index is 1.70. The lowest BCUT2D eigenvalue weighted by molar-refractivity contribution is -0.113. The number of rotatable bonds is 5. The summed E-state index contributed by atoms with van der Waals surface area (Å²) in [7, 11) is -3.38. The molecule has 1 aromatic carbocycles. The Morgan fingerprint density at radius 2 is 2.04 bits per heavy atom. The van der Waals surface area contributed by atoms with Crippen LogP contribution in [0.5, 0.6) is 0 Å². The second-order valence-electron chi connectivity index (χ2n) is 6.65. The molecule has 7 heteroatoms. The van der Waals surface area contributed by atoms with Gasteiger partial charge < -0.3 is 9.73 Å². The molecule has 0 aliphatic heterocycles. The third kappa shape index (κ3) is 3.61. The van der Waals surface area contributed by atoms with E-state index in [4.69, 9.17) is 4.42 Å². The maximum atomic E-state index is 12.2. The third-order valence-electron chi connectivity index (χ3n) is 4.32. The van der Waals surface area contributed by atoms with Gasteiger partial charge in [0, 0.05) is 11.6 Å². The molecule has 0 atom stereocenters. The number of sulfone groups is 1. The molecule has 2 aromatic rings. The van der Waals surface area contributed by atoms with Gasteiger partial charge in [0.05, 0.1) is 5.25 Å². The van der Waals surface area contributed by atoms with Crippen molar-refractivity contribution in [3.8, 4) is 0 Å². The molecule has 130 valence electrons. The number of carbonyl (C=O) groups excluding carboxylic acids is 1. The maximum absolute atomic E-state index is 12.2. The molecule has 1 saturated carbocycles. The summed E-state index contributed by atoms with van der Waals surface area (Å²) in [5.74, 6) is -0.163. The van der Waals surface area contributed by atoms with Crippen molar-refractivity contribution in [2.24, 2.45) is 0 Å². The van der Waals surface area contributed by atoms with Crippen LogP contribution in [0.25, 0.3) is 11.1 Å². The Morgan fingerprint density at radius 3 is 2.71 bits per heavy atom. The Labute approximate surface area is 141 Å². The van der Waals surface area contributed by atoms with Gasteiger partial charge in [0.2, 0.25) is 5.91 Å². The van der Waals surface area contributed by atoms with E-state index in [-0.39, 0.29) is 11.2 Å². The third-order valence-corrected chi connectivity index (χ3v) is 6.48. The molecule has 1 N–H and O–H groups in total. The zero-order valence-electron chi connectivity index (χ0n) is 13.9. The van der Waals surface area contributed by atoms with E-state index in [2.05, 4.69) is 10.3 Å². The van der Waals surface area contributed by atoms with E-state index in [9.17, 15) is 13.2 Å². The van der Waals surface area contributed by atoms with Crippen LogP contribution in [0.3, 0.4) is 0 Å². The van der Waals surface area contributed by atoms with Crippen molar-refractivity contribution in [1.29, 1.82) is 0 Å². The van der Waals surface area contributed by atoms with Crippen LogP contribution in [0.2, 0.25) is 0 Å². The van der Waals surface area contributed by atoms with E-state index in [1.54, 1.807) is 18.2 Å². The van der Waals surface area contributed by atoms with Crippen LogP contribution in [0.4, 0.5) is 5.69 Å². The summed E-state index contributed by atoms with van der Waals surface area (Å²) in [6.07, 6.45) is 3.18. The molecule has 1 aliphatic rings. The second kappa shape index (κ2) is 6.55. The first-order chi connectivity index (χ1) is 11.3. The Bertz CT molecular complexity index is 849. The standard InChI is InChI=1S/C17H22N2O4S/c1-11(2)17-19-14-9-12(7-8-15(14)23-17)18-16(20)10-24(21,22)13-5-3-4-6-13/h7-9,11,13H,3-6,10H2,1-2H3,(H,18,20). The van der Waals surface area contributed by atoms with Crippen LogP contribution in [0.15, 0.2) is 22.6 Å². The van der Waals surface area contributed by atoms with E-state index in [1.807, 2.05) is 13.8 Å². The molecular formula is C17H22N2O4S. The zero-order valence-corrected chi connectivity index (χ0v) is 14.7. The van der Waals surface area contributed by atoms with Gasteiger partial charge in [0.15, 0.2) is 21.3 Å². The number of hydrogen-bond donors (Lipinski definition) is 1. The van der Waals surface area contributed by atoms with Crippen LogP contribution in [0.1, 0.15) is 51.3 Å². The van der Waals surface area contributed by atoms with Gasteiger partial charge in [-0.05, 0) is 31.0 Å². The number of benzene rings is 1. The van der Waals surface area contributed by atoms with Crippen LogP contribution >= 0.6 is 0 Å². The fraction of sp³-hybridized carbons (Fsp3) is 0.529. The fourth-order valence-corrected chi connectivity index (χ4v) is 4.74.